The smallest absolute Gasteiger partial charge is 0.246 e. The Kier molecular flexibility index (Phi) is 22.1. The largest absolute Gasteiger partial charge is 0.506 e. The number of aromatic amines is 1. The zero-order valence-corrected chi connectivity index (χ0v) is 45.6. The number of H-pyrrole nitrogens is 1. The Balaban J connectivity index is 1.48. The van der Waals surface area contributed by atoms with Gasteiger partial charge in [-0.05, 0) is 54.8 Å². The number of phenols is 1. The van der Waals surface area contributed by atoms with Gasteiger partial charge in [-0.25, -0.2) is 0 Å². The third kappa shape index (κ3) is 15.9. The minimum Gasteiger partial charge on any atom is -0.506 e. The first-order valence-electron chi connectivity index (χ1n) is 26.8. The van der Waals surface area contributed by atoms with Gasteiger partial charge >= 0.3 is 0 Å². The molecule has 4 aliphatic rings. The molecule has 2 saturated heterocycles. The van der Waals surface area contributed by atoms with E-state index in [4.69, 9.17) is 11.3 Å². The van der Waals surface area contributed by atoms with E-state index >= 15 is 0 Å². The van der Waals surface area contributed by atoms with Crippen molar-refractivity contribution >= 4 is 87.4 Å². The SMILES string of the molecule is CC[C@H](C)[C@@H]1NC(=O)CNC(=O)[C@H]2Cc3c([nH]c4c(N5CCC(NC(=O)CCCCCN=[N+]=[N-])CC5)c(O)ccc34)SC[C@H](NC(=O)CNC1=O)C(=O)N[C@@H](CC(N)=O)C(=O)N1C[C@H](O)C[C@H]1C(=O)N[C@@H]([C@@H](C)[C@@H](O)CO)C(=O)N2. The summed E-state index contributed by atoms with van der Waals surface area (Å²) in [5, 5.41) is 68.5. The molecule has 10 amide bonds. The highest BCUT2D eigenvalue weighted by molar-refractivity contribution is 7.99. The fourth-order valence-corrected chi connectivity index (χ4v) is 11.3. The number of benzene rings is 1. The van der Waals surface area contributed by atoms with Crippen molar-refractivity contribution in [2.75, 3.05) is 56.5 Å². The molecule has 0 radical (unpaired) electrons. The molecule has 0 saturated carbocycles. The fourth-order valence-electron chi connectivity index (χ4n) is 10.2. The number of nitrogens with two attached hydrogens (primary N) is 1. The van der Waals surface area contributed by atoms with E-state index < -0.39 is 159 Å². The standard InChI is InChI=1S/C50H73N15O14S/c1-4-24(2)40-47(77)54-19-38(72)57-32-23-80-49-29(28-9-10-34(68)43(42(28)62-49)64-14-11-26(12-15-64)56-37(71)8-6-5-7-13-55-63-52)17-30(44(74)53-20-39(73)60-40)58-48(78)41(25(3)35(69)22-66)61-46(76)33-16-27(67)21-65(33)50(79)31(18-36(51)70)59-45(32)75/h9-10,24-27,30-33,35,40-41,62,66-69H,4-8,11-23H2,1-3H3,(H2,51,70)(H,53,74)(H,54,77)(H,56,71)(H,57,72)(H,58,78)(H,59,75)(H,60,73)(H,61,76)/t24-,25-,27+,30+,31-,32-,33-,35-,40-,41-/m0/s1. The number of aliphatic hydroxyl groups excluding tert-OH is 3. The quantitative estimate of drug-likeness (QED) is 0.0366. The Morgan fingerprint density at radius 1 is 0.887 bits per heavy atom. The lowest BCUT2D eigenvalue weighted by Gasteiger charge is -2.34. The number of aromatic nitrogens is 1. The molecular weight excluding hydrogens is 1070 g/mol. The van der Waals surface area contributed by atoms with Gasteiger partial charge in [-0.3, -0.25) is 47.9 Å². The molecule has 80 heavy (non-hydrogen) atoms. The predicted octanol–water partition coefficient (Wildman–Crippen LogP) is -2.98. The van der Waals surface area contributed by atoms with Crippen LogP contribution in [0, 0.1) is 11.8 Å². The summed E-state index contributed by atoms with van der Waals surface area (Å²) in [5.74, 6) is -11.2. The summed E-state index contributed by atoms with van der Waals surface area (Å²) in [7, 11) is 0. The lowest BCUT2D eigenvalue weighted by atomic mass is 9.93. The maximum absolute atomic E-state index is 14.8. The molecular formula is C50H73N15O14S. The highest BCUT2D eigenvalue weighted by atomic mass is 32.2. The predicted molar refractivity (Wildman–Crippen MR) is 288 cm³/mol. The van der Waals surface area contributed by atoms with Crippen molar-refractivity contribution in [3.63, 3.8) is 0 Å². The number of piperidine rings is 1. The van der Waals surface area contributed by atoms with Gasteiger partial charge < -0.3 is 83.5 Å². The van der Waals surface area contributed by atoms with Crippen molar-refractivity contribution < 1.29 is 68.4 Å². The minimum atomic E-state index is -1.80. The number of azide groups is 1. The summed E-state index contributed by atoms with van der Waals surface area (Å²) in [6.07, 6.45) is -1.04. The number of nitrogens with one attached hydrogen (secondary N) is 9. The van der Waals surface area contributed by atoms with E-state index in [1.807, 2.05) is 4.90 Å². The van der Waals surface area contributed by atoms with Crippen molar-refractivity contribution in [1.82, 2.24) is 52.4 Å². The summed E-state index contributed by atoms with van der Waals surface area (Å²) in [6.45, 7) is 2.97. The van der Waals surface area contributed by atoms with Gasteiger partial charge in [0.1, 0.15) is 47.7 Å². The summed E-state index contributed by atoms with van der Waals surface area (Å²) >= 11 is 0.937. The zero-order chi connectivity index (χ0) is 58.4. The lowest BCUT2D eigenvalue weighted by Crippen LogP contribution is -2.62. The first kappa shape index (κ1) is 61.8. The molecule has 6 rings (SSSR count). The van der Waals surface area contributed by atoms with Gasteiger partial charge in [0.25, 0.3) is 0 Å². The molecule has 2 bridgehead atoms. The number of aromatic hydroxyl groups is 1. The van der Waals surface area contributed by atoms with E-state index in [-0.39, 0.29) is 34.9 Å². The van der Waals surface area contributed by atoms with Crippen molar-refractivity contribution in [3.8, 4) is 5.75 Å². The van der Waals surface area contributed by atoms with Crippen molar-refractivity contribution in [1.29, 1.82) is 0 Å². The second-order valence-corrected chi connectivity index (χ2v) is 21.7. The molecule has 5 heterocycles. The average Bonchev–Trinajstić information content (AvgIpc) is 4.05. The number of unbranched alkanes of at least 4 members (excludes halogenated alkanes) is 2. The van der Waals surface area contributed by atoms with Crippen LogP contribution in [0.5, 0.6) is 5.75 Å². The summed E-state index contributed by atoms with van der Waals surface area (Å²) in [4.78, 5) is 148. The Bertz CT molecular complexity index is 2700. The van der Waals surface area contributed by atoms with Crippen molar-refractivity contribution in [2.24, 2.45) is 22.7 Å². The Morgan fingerprint density at radius 2 is 1.59 bits per heavy atom. The average molecular weight is 1140 g/mol. The van der Waals surface area contributed by atoms with Crippen LogP contribution in [0.25, 0.3) is 21.3 Å². The number of primary amides is 1. The van der Waals surface area contributed by atoms with Gasteiger partial charge in [0.15, 0.2) is 0 Å². The maximum atomic E-state index is 14.8. The molecule has 4 aliphatic heterocycles. The Morgan fingerprint density at radius 3 is 2.26 bits per heavy atom. The van der Waals surface area contributed by atoms with E-state index in [0.717, 1.165) is 16.7 Å². The number of fused-ring (bicyclic) bond motifs is 5. The van der Waals surface area contributed by atoms with E-state index in [9.17, 15) is 68.4 Å². The minimum absolute atomic E-state index is 0.134. The molecule has 30 heteroatoms. The fraction of sp³-hybridized carbons (Fsp3) is 0.640. The molecule has 1 aromatic heterocycles. The van der Waals surface area contributed by atoms with Crippen LogP contribution in [0.1, 0.15) is 84.1 Å². The van der Waals surface area contributed by atoms with Crippen LogP contribution < -0.4 is 53.2 Å². The van der Waals surface area contributed by atoms with E-state index in [2.05, 4.69) is 57.5 Å². The van der Waals surface area contributed by atoms with E-state index in [1.54, 1.807) is 19.9 Å². The monoisotopic (exact) mass is 1140 g/mol. The van der Waals surface area contributed by atoms with Crippen LogP contribution in [0.15, 0.2) is 22.3 Å². The maximum Gasteiger partial charge on any atom is 0.246 e. The number of rotatable bonds is 15. The van der Waals surface area contributed by atoms with E-state index in [0.29, 0.717) is 80.3 Å². The second-order valence-electron chi connectivity index (χ2n) is 20.7. The van der Waals surface area contributed by atoms with Crippen LogP contribution in [0.4, 0.5) is 5.69 Å². The number of nitrogens with zero attached hydrogens (tertiary/aromatic N) is 5. The molecule has 29 nitrogen and oxygen atoms in total. The van der Waals surface area contributed by atoms with Gasteiger partial charge in [0, 0.05) is 73.5 Å². The first-order valence-corrected chi connectivity index (χ1v) is 27.8. The van der Waals surface area contributed by atoms with Crippen molar-refractivity contribution in [3.05, 3.63) is 28.1 Å². The third-order valence-corrected chi connectivity index (χ3v) is 16.1. The molecule has 438 valence electrons. The van der Waals surface area contributed by atoms with Gasteiger partial charge in [0.05, 0.1) is 48.9 Å². The molecule has 1 aromatic carbocycles. The number of aliphatic hydroxyl groups is 3. The first-order chi connectivity index (χ1) is 38.1. The number of phenolic OH excluding ortho intramolecular Hbond substituents is 1. The zero-order valence-electron chi connectivity index (χ0n) is 44.8. The van der Waals surface area contributed by atoms with Gasteiger partial charge in [-0.2, -0.15) is 0 Å². The second kappa shape index (κ2) is 28.7. The topological polar surface area (TPSA) is 445 Å². The summed E-state index contributed by atoms with van der Waals surface area (Å²) < 4.78 is 0. The van der Waals surface area contributed by atoms with Crippen LogP contribution in [0.3, 0.4) is 0 Å². The van der Waals surface area contributed by atoms with Crippen LogP contribution >= 0.6 is 11.8 Å². The van der Waals surface area contributed by atoms with Crippen LogP contribution in [0.2, 0.25) is 0 Å². The number of carbonyl (C=O) groups excluding carboxylic acids is 10. The number of hydrogen-bond acceptors (Lipinski definition) is 17. The molecule has 10 atom stereocenters. The number of amides is 10. The summed E-state index contributed by atoms with van der Waals surface area (Å²) in [6, 6.07) is -6.83. The number of carbonyl (C=O) groups is 10. The lowest BCUT2D eigenvalue weighted by molar-refractivity contribution is -0.144. The highest BCUT2D eigenvalue weighted by Crippen LogP contribution is 2.42. The van der Waals surface area contributed by atoms with Gasteiger partial charge in [0.2, 0.25) is 59.1 Å². The Labute approximate surface area is 464 Å². The molecule has 0 spiro atoms. The molecule has 15 N–H and O–H groups in total. The van der Waals surface area contributed by atoms with Crippen LogP contribution in [-0.2, 0) is 54.4 Å². The molecule has 0 aliphatic carbocycles. The summed E-state index contributed by atoms with van der Waals surface area (Å²) in [5.41, 5.74) is 15.1. The Hall–Kier alpha value is -7.40. The number of hydrogen-bond donors (Lipinski definition) is 14. The molecule has 2 aromatic rings. The molecule has 2 fully saturated rings. The van der Waals surface area contributed by atoms with Gasteiger partial charge in [-0.15, -0.1) is 11.8 Å². The van der Waals surface area contributed by atoms with Crippen LogP contribution in [-0.4, -0.2) is 196 Å². The highest BCUT2D eigenvalue weighted by Gasteiger charge is 2.45. The van der Waals surface area contributed by atoms with E-state index in [1.165, 1.54) is 13.0 Å². The number of anilines is 1. The number of thioether (sulfide) groups is 1. The van der Waals surface area contributed by atoms with Gasteiger partial charge in [-0.1, -0.05) is 38.7 Å². The van der Waals surface area contributed by atoms with Crippen molar-refractivity contribution in [2.45, 2.75) is 145 Å². The molecule has 0 unspecified atom stereocenters. The normalized spacial score (nSPS) is 25.4. The third-order valence-electron chi connectivity index (χ3n) is 14.9.